The average Bonchev–Trinajstić information content (AvgIpc) is 2.47. The van der Waals surface area contributed by atoms with E-state index in [1.165, 1.54) is 0 Å². The van der Waals surface area contributed by atoms with Crippen molar-refractivity contribution < 1.29 is 18.3 Å². The van der Waals surface area contributed by atoms with Crippen LogP contribution in [0.25, 0.3) is 0 Å². The average molecular weight is 218 g/mol. The van der Waals surface area contributed by atoms with Gasteiger partial charge in [0.15, 0.2) is 0 Å². The Morgan fingerprint density at radius 3 is 2.53 bits per heavy atom. The monoisotopic (exact) mass is 218 g/mol. The first-order valence-corrected chi connectivity index (χ1v) is 4.35. The minimum Gasteiger partial charge on any atom is -0.442 e. The number of carbonyl (C=O) groups is 1. The van der Waals surface area contributed by atoms with E-state index in [0.717, 1.165) is 17.1 Å². The van der Waals surface area contributed by atoms with Crippen molar-refractivity contribution >= 4 is 6.09 Å². The second-order valence-electron chi connectivity index (χ2n) is 4.00. The van der Waals surface area contributed by atoms with Crippen molar-refractivity contribution in [3.05, 3.63) is 18.0 Å². The molecule has 0 amide bonds. The number of hydrogen-bond acceptors (Lipinski definition) is 3. The molecule has 1 heterocycles. The molecular weight excluding hydrogens is 206 g/mol. The molecule has 15 heavy (non-hydrogen) atoms. The van der Waals surface area contributed by atoms with Crippen molar-refractivity contribution in [2.75, 3.05) is 0 Å². The highest BCUT2D eigenvalue weighted by Gasteiger charge is 2.19. The lowest BCUT2D eigenvalue weighted by atomic mass is 10.2. The fourth-order valence-corrected chi connectivity index (χ4v) is 0.858. The number of ether oxygens (including phenoxy) is 1. The molecule has 0 aliphatic carbocycles. The zero-order valence-corrected chi connectivity index (χ0v) is 8.70. The van der Waals surface area contributed by atoms with Gasteiger partial charge in [0.25, 0.3) is 6.43 Å². The molecule has 1 rings (SSSR count). The first-order chi connectivity index (χ1) is 6.79. The molecule has 0 bridgehead atoms. The third kappa shape index (κ3) is 3.30. The highest BCUT2D eigenvalue weighted by atomic mass is 19.3. The summed E-state index contributed by atoms with van der Waals surface area (Å²) in [6.07, 6.45) is -1.51. The standard InChI is InChI=1S/C9H12F2N2O2/c1-9(2,3)15-8(14)13-5-6(4-12-13)7(10)11/h4-5,7H,1-3H3. The fourth-order valence-electron chi connectivity index (χ4n) is 0.858. The molecule has 0 saturated carbocycles. The topological polar surface area (TPSA) is 44.1 Å². The molecule has 0 aromatic carbocycles. The Labute approximate surface area is 85.8 Å². The smallest absolute Gasteiger partial charge is 0.435 e. The highest BCUT2D eigenvalue weighted by Crippen LogP contribution is 2.17. The molecular formula is C9H12F2N2O2. The Balaban J connectivity index is 2.75. The lowest BCUT2D eigenvalue weighted by Crippen LogP contribution is -2.27. The normalized spacial score (nSPS) is 11.9. The van der Waals surface area contributed by atoms with Crippen LogP contribution in [0.3, 0.4) is 0 Å². The van der Waals surface area contributed by atoms with Crippen molar-refractivity contribution in [3.8, 4) is 0 Å². The number of rotatable bonds is 1. The summed E-state index contributed by atoms with van der Waals surface area (Å²) < 4.78 is 30.0. The predicted octanol–water partition coefficient (Wildman–Crippen LogP) is 2.60. The Morgan fingerprint density at radius 1 is 1.53 bits per heavy atom. The molecule has 0 aliphatic heterocycles. The van der Waals surface area contributed by atoms with Crippen molar-refractivity contribution in [1.82, 2.24) is 9.78 Å². The van der Waals surface area contributed by atoms with E-state index in [0.29, 0.717) is 0 Å². The Kier molecular flexibility index (Phi) is 3.06. The van der Waals surface area contributed by atoms with Crippen LogP contribution in [0.4, 0.5) is 13.6 Å². The van der Waals surface area contributed by atoms with Crippen molar-refractivity contribution in [2.24, 2.45) is 0 Å². The van der Waals surface area contributed by atoms with Crippen molar-refractivity contribution in [1.29, 1.82) is 0 Å². The molecule has 0 saturated heterocycles. The lowest BCUT2D eigenvalue weighted by molar-refractivity contribution is 0.0514. The number of aromatic nitrogens is 2. The molecule has 1 aromatic heterocycles. The summed E-state index contributed by atoms with van der Waals surface area (Å²) >= 11 is 0. The van der Waals surface area contributed by atoms with Gasteiger partial charge in [0.05, 0.1) is 11.8 Å². The van der Waals surface area contributed by atoms with E-state index >= 15 is 0 Å². The number of halogens is 2. The predicted molar refractivity (Wildman–Crippen MR) is 48.8 cm³/mol. The van der Waals surface area contributed by atoms with E-state index in [2.05, 4.69) is 5.10 Å². The summed E-state index contributed by atoms with van der Waals surface area (Å²) in [5.74, 6) is 0. The van der Waals surface area contributed by atoms with Crippen LogP contribution in [0.15, 0.2) is 12.4 Å². The molecule has 0 fully saturated rings. The maximum absolute atomic E-state index is 12.2. The summed E-state index contributed by atoms with van der Waals surface area (Å²) in [5, 5.41) is 3.48. The first kappa shape index (κ1) is 11.6. The van der Waals surface area contributed by atoms with Gasteiger partial charge in [-0.2, -0.15) is 9.78 Å². The Morgan fingerprint density at radius 2 is 2.13 bits per heavy atom. The van der Waals surface area contributed by atoms with E-state index in [1.54, 1.807) is 20.8 Å². The molecule has 0 N–H and O–H groups in total. The molecule has 0 radical (unpaired) electrons. The van der Waals surface area contributed by atoms with Crippen LogP contribution in [0.1, 0.15) is 32.8 Å². The van der Waals surface area contributed by atoms with Gasteiger partial charge in [-0.15, -0.1) is 0 Å². The van der Waals surface area contributed by atoms with Crippen molar-refractivity contribution in [3.63, 3.8) is 0 Å². The van der Waals surface area contributed by atoms with E-state index in [4.69, 9.17) is 4.74 Å². The van der Waals surface area contributed by atoms with Crippen LogP contribution < -0.4 is 0 Å². The zero-order chi connectivity index (χ0) is 11.6. The number of hydrogen-bond donors (Lipinski definition) is 0. The molecule has 0 spiro atoms. The highest BCUT2D eigenvalue weighted by molar-refractivity contribution is 5.69. The van der Waals surface area contributed by atoms with Crippen molar-refractivity contribution in [2.45, 2.75) is 32.8 Å². The van der Waals surface area contributed by atoms with E-state index in [9.17, 15) is 13.6 Å². The zero-order valence-electron chi connectivity index (χ0n) is 8.70. The van der Waals surface area contributed by atoms with Gasteiger partial charge in [-0.05, 0) is 20.8 Å². The number of alkyl halides is 2. The van der Waals surface area contributed by atoms with Gasteiger partial charge in [-0.3, -0.25) is 0 Å². The van der Waals surface area contributed by atoms with Crippen LogP contribution in [0.5, 0.6) is 0 Å². The van der Waals surface area contributed by atoms with Crippen LogP contribution in [-0.4, -0.2) is 21.5 Å². The maximum Gasteiger partial charge on any atom is 0.435 e. The molecule has 1 aromatic rings. The van der Waals surface area contributed by atoms with Gasteiger partial charge in [0.1, 0.15) is 5.60 Å². The number of nitrogens with zero attached hydrogens (tertiary/aromatic N) is 2. The Bertz CT molecular complexity index is 355. The molecule has 0 aliphatic rings. The minimum atomic E-state index is -2.64. The Hall–Kier alpha value is -1.46. The first-order valence-electron chi connectivity index (χ1n) is 4.35. The fraction of sp³-hybridized carbons (Fsp3) is 0.556. The van der Waals surface area contributed by atoms with Crippen LogP contribution in [0.2, 0.25) is 0 Å². The molecule has 4 nitrogen and oxygen atoms in total. The third-order valence-electron chi connectivity index (χ3n) is 1.44. The van der Waals surface area contributed by atoms with Gasteiger partial charge in [0, 0.05) is 6.20 Å². The van der Waals surface area contributed by atoms with E-state index in [-0.39, 0.29) is 5.56 Å². The lowest BCUT2D eigenvalue weighted by Gasteiger charge is -2.18. The third-order valence-corrected chi connectivity index (χ3v) is 1.44. The van der Waals surface area contributed by atoms with E-state index in [1.807, 2.05) is 0 Å². The van der Waals surface area contributed by atoms with Crippen LogP contribution in [0, 0.1) is 0 Å². The summed E-state index contributed by atoms with van der Waals surface area (Å²) in [6, 6.07) is 0. The molecule has 6 heteroatoms. The van der Waals surface area contributed by atoms with Gasteiger partial charge in [0.2, 0.25) is 0 Å². The molecule has 0 unspecified atom stereocenters. The second kappa shape index (κ2) is 3.96. The van der Waals surface area contributed by atoms with Gasteiger partial charge in [-0.1, -0.05) is 0 Å². The molecule has 0 atom stereocenters. The second-order valence-corrected chi connectivity index (χ2v) is 4.00. The van der Waals surface area contributed by atoms with Gasteiger partial charge < -0.3 is 4.74 Å². The van der Waals surface area contributed by atoms with E-state index < -0.39 is 18.1 Å². The quantitative estimate of drug-likeness (QED) is 0.727. The summed E-state index contributed by atoms with van der Waals surface area (Å²) in [4.78, 5) is 11.3. The molecule has 84 valence electrons. The van der Waals surface area contributed by atoms with Crippen LogP contribution in [-0.2, 0) is 4.74 Å². The summed E-state index contributed by atoms with van der Waals surface area (Å²) in [5.41, 5.74) is -0.977. The SMILES string of the molecule is CC(C)(C)OC(=O)n1cc(C(F)F)cn1. The van der Waals surface area contributed by atoms with Gasteiger partial charge in [-0.25, -0.2) is 13.6 Å². The van der Waals surface area contributed by atoms with Gasteiger partial charge >= 0.3 is 6.09 Å². The van der Waals surface area contributed by atoms with Crippen LogP contribution >= 0.6 is 0 Å². The summed E-state index contributed by atoms with van der Waals surface area (Å²) in [6.45, 7) is 5.05. The maximum atomic E-state index is 12.2. The minimum absolute atomic E-state index is 0.305. The summed E-state index contributed by atoms with van der Waals surface area (Å²) in [7, 11) is 0. The largest absolute Gasteiger partial charge is 0.442 e. The number of carbonyl (C=O) groups excluding carboxylic acids is 1.